The van der Waals surface area contributed by atoms with Crippen LogP contribution in [-0.2, 0) is 14.3 Å². The molecule has 1 N–H and O–H groups in total. The summed E-state index contributed by atoms with van der Waals surface area (Å²) in [6, 6.07) is 10.7. The molecule has 30 heavy (non-hydrogen) atoms. The van der Waals surface area contributed by atoms with Crippen LogP contribution >= 0.6 is 23.2 Å². The summed E-state index contributed by atoms with van der Waals surface area (Å²) >= 11 is 12.2. The van der Waals surface area contributed by atoms with Crippen molar-refractivity contribution in [3.05, 3.63) is 69.2 Å². The SMILES string of the molecule is COCCCN1C(=O)C(=O)C(=C(O)c2ccc(OC)cc2)C1c1ccc(Cl)c(Cl)c1. The largest absolute Gasteiger partial charge is 0.507 e. The number of ether oxygens (including phenoxy) is 2. The predicted octanol–water partition coefficient (Wildman–Crippen LogP) is 4.46. The number of halogens is 2. The van der Waals surface area contributed by atoms with Gasteiger partial charge in [-0.2, -0.15) is 0 Å². The highest BCUT2D eigenvalue weighted by molar-refractivity contribution is 6.46. The van der Waals surface area contributed by atoms with Crippen LogP contribution < -0.4 is 4.74 Å². The molecule has 1 fully saturated rings. The Hall–Kier alpha value is -2.54. The highest BCUT2D eigenvalue weighted by atomic mass is 35.5. The van der Waals surface area contributed by atoms with Crippen LogP contribution in [0.15, 0.2) is 48.0 Å². The van der Waals surface area contributed by atoms with Crippen LogP contribution in [-0.4, -0.2) is 49.1 Å². The van der Waals surface area contributed by atoms with Crippen LogP contribution in [0.2, 0.25) is 10.0 Å². The number of rotatable bonds is 7. The van der Waals surface area contributed by atoms with E-state index in [0.29, 0.717) is 39.9 Å². The second-order valence-corrected chi connectivity index (χ2v) is 7.56. The summed E-state index contributed by atoms with van der Waals surface area (Å²) in [6.07, 6.45) is 0.532. The minimum absolute atomic E-state index is 0.000901. The third kappa shape index (κ3) is 4.31. The van der Waals surface area contributed by atoms with E-state index in [1.54, 1.807) is 49.6 Å². The fourth-order valence-corrected chi connectivity index (χ4v) is 3.73. The number of carbonyl (C=O) groups is 2. The van der Waals surface area contributed by atoms with Crippen LogP contribution in [0.1, 0.15) is 23.6 Å². The van der Waals surface area contributed by atoms with Gasteiger partial charge in [-0.05, 0) is 48.4 Å². The number of hydrogen-bond acceptors (Lipinski definition) is 5. The lowest BCUT2D eigenvalue weighted by Crippen LogP contribution is -2.31. The Kier molecular flexibility index (Phi) is 7.02. The topological polar surface area (TPSA) is 76.1 Å². The molecular formula is C22H21Cl2NO5. The van der Waals surface area contributed by atoms with Gasteiger partial charge in [0.1, 0.15) is 11.5 Å². The highest BCUT2D eigenvalue weighted by Crippen LogP contribution is 2.41. The number of carbonyl (C=O) groups excluding carboxylic acids is 2. The highest BCUT2D eigenvalue weighted by Gasteiger charge is 2.45. The average Bonchev–Trinajstić information content (AvgIpc) is 3.00. The molecule has 1 saturated heterocycles. The first kappa shape index (κ1) is 22.2. The van der Waals surface area contributed by atoms with E-state index in [9.17, 15) is 14.7 Å². The molecule has 0 radical (unpaired) electrons. The van der Waals surface area contributed by atoms with Gasteiger partial charge in [0.15, 0.2) is 0 Å². The van der Waals surface area contributed by atoms with Crippen molar-refractivity contribution >= 4 is 40.7 Å². The van der Waals surface area contributed by atoms with Crippen molar-refractivity contribution in [3.8, 4) is 5.75 Å². The zero-order valence-corrected chi connectivity index (χ0v) is 18.0. The van der Waals surface area contributed by atoms with Crippen molar-refractivity contribution in [1.29, 1.82) is 0 Å². The molecule has 0 aliphatic carbocycles. The molecule has 158 valence electrons. The summed E-state index contributed by atoms with van der Waals surface area (Å²) in [5, 5.41) is 11.6. The smallest absolute Gasteiger partial charge is 0.295 e. The molecule has 2 aromatic rings. The number of aliphatic hydroxyl groups excluding tert-OH is 1. The number of amides is 1. The van der Waals surface area contributed by atoms with E-state index in [1.165, 1.54) is 12.0 Å². The second kappa shape index (κ2) is 9.51. The number of methoxy groups -OCH3 is 2. The fourth-order valence-electron chi connectivity index (χ4n) is 3.42. The van der Waals surface area contributed by atoms with Crippen molar-refractivity contribution in [1.82, 2.24) is 4.90 Å². The minimum atomic E-state index is -0.793. The summed E-state index contributed by atoms with van der Waals surface area (Å²) in [6.45, 7) is 0.707. The molecule has 2 aromatic carbocycles. The second-order valence-electron chi connectivity index (χ2n) is 6.74. The summed E-state index contributed by atoms with van der Waals surface area (Å²) in [4.78, 5) is 27.1. The molecule has 1 aliphatic rings. The van der Waals surface area contributed by atoms with Crippen molar-refractivity contribution in [2.24, 2.45) is 0 Å². The van der Waals surface area contributed by atoms with Crippen molar-refractivity contribution in [2.45, 2.75) is 12.5 Å². The van der Waals surface area contributed by atoms with E-state index in [2.05, 4.69) is 0 Å². The van der Waals surface area contributed by atoms with Gasteiger partial charge in [0, 0.05) is 25.8 Å². The molecule has 1 atom stereocenters. The maximum atomic E-state index is 12.9. The van der Waals surface area contributed by atoms with Gasteiger partial charge >= 0.3 is 0 Å². The normalized spacial score (nSPS) is 18.1. The van der Waals surface area contributed by atoms with Crippen LogP contribution in [0, 0.1) is 0 Å². The van der Waals surface area contributed by atoms with Crippen LogP contribution in [0.5, 0.6) is 5.75 Å². The van der Waals surface area contributed by atoms with E-state index < -0.39 is 17.7 Å². The molecule has 1 aliphatic heterocycles. The quantitative estimate of drug-likeness (QED) is 0.292. The van der Waals surface area contributed by atoms with E-state index >= 15 is 0 Å². The first-order valence-electron chi connectivity index (χ1n) is 9.25. The number of nitrogens with zero attached hydrogens (tertiary/aromatic N) is 1. The third-order valence-corrected chi connectivity index (χ3v) is 5.65. The average molecular weight is 450 g/mol. The van der Waals surface area contributed by atoms with Gasteiger partial charge in [0.05, 0.1) is 28.8 Å². The van der Waals surface area contributed by atoms with E-state index in [1.807, 2.05) is 0 Å². The monoisotopic (exact) mass is 449 g/mol. The van der Waals surface area contributed by atoms with Crippen molar-refractivity contribution in [2.75, 3.05) is 27.4 Å². The molecule has 6 nitrogen and oxygen atoms in total. The van der Waals surface area contributed by atoms with E-state index in [4.69, 9.17) is 32.7 Å². The number of benzene rings is 2. The predicted molar refractivity (Wildman–Crippen MR) is 115 cm³/mol. The maximum Gasteiger partial charge on any atom is 0.295 e. The molecule has 1 heterocycles. The number of Topliss-reactive ketones (excluding diaryl/α,β-unsaturated/α-hetero) is 1. The molecule has 0 bridgehead atoms. The fraction of sp³-hybridized carbons (Fsp3) is 0.273. The number of ketones is 1. The Morgan fingerprint density at radius 3 is 2.37 bits per heavy atom. The Morgan fingerprint density at radius 2 is 1.77 bits per heavy atom. The molecule has 1 amide bonds. The zero-order chi connectivity index (χ0) is 21.8. The first-order valence-corrected chi connectivity index (χ1v) is 10.0. The number of aliphatic hydroxyl groups is 1. The van der Waals surface area contributed by atoms with Crippen LogP contribution in [0.25, 0.3) is 5.76 Å². The summed E-state index contributed by atoms with van der Waals surface area (Å²) < 4.78 is 10.2. The molecule has 1 unspecified atom stereocenters. The Labute approximate surface area is 184 Å². The zero-order valence-electron chi connectivity index (χ0n) is 16.5. The van der Waals surface area contributed by atoms with Gasteiger partial charge < -0.3 is 19.5 Å². The van der Waals surface area contributed by atoms with Gasteiger partial charge in [0.25, 0.3) is 11.7 Å². The lowest BCUT2D eigenvalue weighted by Gasteiger charge is -2.25. The van der Waals surface area contributed by atoms with Gasteiger partial charge in [-0.15, -0.1) is 0 Å². The van der Waals surface area contributed by atoms with Crippen molar-refractivity contribution in [3.63, 3.8) is 0 Å². The Bertz CT molecular complexity index is 988. The molecular weight excluding hydrogens is 429 g/mol. The molecule has 0 saturated carbocycles. The lowest BCUT2D eigenvalue weighted by molar-refractivity contribution is -0.140. The van der Waals surface area contributed by atoms with Gasteiger partial charge in [-0.3, -0.25) is 9.59 Å². The molecule has 0 aromatic heterocycles. The lowest BCUT2D eigenvalue weighted by atomic mass is 9.95. The summed E-state index contributed by atoms with van der Waals surface area (Å²) in [5.41, 5.74) is 0.979. The van der Waals surface area contributed by atoms with Gasteiger partial charge in [-0.25, -0.2) is 0 Å². The maximum absolute atomic E-state index is 12.9. The van der Waals surface area contributed by atoms with Gasteiger partial charge in [-0.1, -0.05) is 29.3 Å². The standard InChI is InChI=1S/C22H21Cl2NO5/c1-29-11-3-10-25-19(14-6-9-16(23)17(24)12-14)18(21(27)22(25)28)20(26)13-4-7-15(30-2)8-5-13/h4-9,12,19,26H,3,10-11H2,1-2H3. The minimum Gasteiger partial charge on any atom is -0.507 e. The third-order valence-electron chi connectivity index (χ3n) is 4.91. The molecule has 3 rings (SSSR count). The summed E-state index contributed by atoms with van der Waals surface area (Å²) in [7, 11) is 3.10. The van der Waals surface area contributed by atoms with Crippen LogP contribution in [0.4, 0.5) is 0 Å². The first-order chi connectivity index (χ1) is 14.4. The van der Waals surface area contributed by atoms with Crippen molar-refractivity contribution < 1.29 is 24.2 Å². The van der Waals surface area contributed by atoms with E-state index in [0.717, 1.165) is 0 Å². The Morgan fingerprint density at radius 1 is 1.07 bits per heavy atom. The summed E-state index contributed by atoms with van der Waals surface area (Å²) in [5.74, 6) is -1.09. The number of likely N-dealkylation sites (tertiary alicyclic amines) is 1. The molecule has 0 spiro atoms. The van der Waals surface area contributed by atoms with Gasteiger partial charge in [0.2, 0.25) is 0 Å². The Balaban J connectivity index is 2.12. The van der Waals surface area contributed by atoms with Crippen LogP contribution in [0.3, 0.4) is 0 Å². The molecule has 8 heteroatoms. The number of hydrogen-bond donors (Lipinski definition) is 1. The van der Waals surface area contributed by atoms with E-state index in [-0.39, 0.29) is 17.9 Å².